The van der Waals surface area contributed by atoms with Gasteiger partial charge in [-0.3, -0.25) is 4.79 Å². The molecule has 3 heteroatoms. The predicted octanol–water partition coefficient (Wildman–Crippen LogP) is 5.85. The molecule has 2 aromatic carbocycles. The first-order chi connectivity index (χ1) is 14.2. The zero-order valence-electron chi connectivity index (χ0n) is 17.3. The summed E-state index contributed by atoms with van der Waals surface area (Å²) in [5.41, 5.74) is 7.52. The van der Waals surface area contributed by atoms with E-state index in [9.17, 15) is 4.79 Å². The first kappa shape index (κ1) is 17.6. The van der Waals surface area contributed by atoms with Crippen molar-refractivity contribution in [2.45, 2.75) is 57.3 Å². The molecule has 150 valence electrons. The van der Waals surface area contributed by atoms with E-state index in [0.717, 1.165) is 23.1 Å². The fraction of sp³-hybridized carbons (Fsp3) is 0.500. The van der Waals surface area contributed by atoms with Crippen LogP contribution in [0.15, 0.2) is 36.4 Å². The summed E-state index contributed by atoms with van der Waals surface area (Å²) in [6.45, 7) is 4.56. The highest BCUT2D eigenvalue weighted by molar-refractivity contribution is 6.04. The number of benzene rings is 2. The number of anilines is 2. The summed E-state index contributed by atoms with van der Waals surface area (Å²) in [5, 5.41) is 3.24. The molecule has 4 aliphatic rings. The van der Waals surface area contributed by atoms with E-state index in [4.69, 9.17) is 0 Å². The smallest absolute Gasteiger partial charge is 0.255 e. The molecular formula is C26H30N2O. The van der Waals surface area contributed by atoms with E-state index in [0.29, 0.717) is 11.8 Å². The molecule has 2 fully saturated rings. The Morgan fingerprint density at radius 3 is 2.07 bits per heavy atom. The van der Waals surface area contributed by atoms with E-state index < -0.39 is 0 Å². The van der Waals surface area contributed by atoms with Crippen LogP contribution in [0.5, 0.6) is 0 Å². The Kier molecular flexibility index (Phi) is 4.01. The van der Waals surface area contributed by atoms with Crippen molar-refractivity contribution < 1.29 is 4.79 Å². The van der Waals surface area contributed by atoms with Gasteiger partial charge in [0.1, 0.15) is 0 Å². The van der Waals surface area contributed by atoms with Gasteiger partial charge >= 0.3 is 0 Å². The Morgan fingerprint density at radius 1 is 0.897 bits per heavy atom. The van der Waals surface area contributed by atoms with Crippen LogP contribution in [0.2, 0.25) is 0 Å². The molecule has 1 N–H and O–H groups in total. The molecule has 4 atom stereocenters. The van der Waals surface area contributed by atoms with Crippen molar-refractivity contribution in [3.8, 4) is 0 Å². The number of carbonyl (C=O) groups excluding carboxylic acids is 1. The first-order valence-corrected chi connectivity index (χ1v) is 11.5. The van der Waals surface area contributed by atoms with Crippen molar-refractivity contribution in [3.63, 3.8) is 0 Å². The van der Waals surface area contributed by atoms with Crippen molar-refractivity contribution >= 4 is 17.3 Å². The molecule has 2 aliphatic heterocycles. The number of amides is 1. The summed E-state index contributed by atoms with van der Waals surface area (Å²) in [7, 11) is 0. The second kappa shape index (κ2) is 6.62. The van der Waals surface area contributed by atoms with Gasteiger partial charge in [0.25, 0.3) is 5.91 Å². The SMILES string of the molecule is Cc1ccc(C(=O)Nc2cc3c4c(c2)[C@@H]2CCC[C@@H]2CN4C[C@H]2CCC[C@H]32)cc1. The van der Waals surface area contributed by atoms with Gasteiger partial charge in [-0.1, -0.05) is 30.5 Å². The highest BCUT2D eigenvalue weighted by atomic mass is 16.1. The fourth-order valence-corrected chi connectivity index (χ4v) is 6.74. The number of rotatable bonds is 2. The Labute approximate surface area is 173 Å². The van der Waals surface area contributed by atoms with E-state index >= 15 is 0 Å². The third-order valence-electron chi connectivity index (χ3n) is 8.08. The Morgan fingerprint density at radius 2 is 1.48 bits per heavy atom. The fourth-order valence-electron chi connectivity index (χ4n) is 6.74. The van der Waals surface area contributed by atoms with Crippen LogP contribution in [0.25, 0.3) is 0 Å². The molecule has 2 aliphatic carbocycles. The Balaban J connectivity index is 1.41. The topological polar surface area (TPSA) is 32.3 Å². The van der Waals surface area contributed by atoms with Crippen LogP contribution in [0.3, 0.4) is 0 Å². The average Bonchev–Trinajstić information content (AvgIpc) is 3.38. The molecule has 3 nitrogen and oxygen atoms in total. The lowest BCUT2D eigenvalue weighted by molar-refractivity contribution is 0.102. The van der Waals surface area contributed by atoms with Crippen LogP contribution in [0.4, 0.5) is 11.4 Å². The van der Waals surface area contributed by atoms with Crippen LogP contribution >= 0.6 is 0 Å². The van der Waals surface area contributed by atoms with Crippen molar-refractivity contribution in [2.75, 3.05) is 23.3 Å². The molecule has 2 saturated carbocycles. The predicted molar refractivity (Wildman–Crippen MR) is 118 cm³/mol. The second-order valence-electron chi connectivity index (χ2n) is 9.82. The van der Waals surface area contributed by atoms with Gasteiger partial charge in [-0.05, 0) is 91.7 Å². The third kappa shape index (κ3) is 2.81. The summed E-state index contributed by atoms with van der Waals surface area (Å²) in [5.74, 6) is 2.99. The van der Waals surface area contributed by atoms with E-state index in [1.807, 2.05) is 24.3 Å². The van der Waals surface area contributed by atoms with E-state index in [1.54, 1.807) is 5.69 Å². The van der Waals surface area contributed by atoms with Crippen LogP contribution in [-0.2, 0) is 0 Å². The maximum absolute atomic E-state index is 12.9. The van der Waals surface area contributed by atoms with Gasteiger partial charge in [0.05, 0.1) is 0 Å². The van der Waals surface area contributed by atoms with Gasteiger partial charge in [-0.15, -0.1) is 0 Å². The van der Waals surface area contributed by atoms with Crippen LogP contribution in [0.1, 0.15) is 77.4 Å². The monoisotopic (exact) mass is 386 g/mol. The minimum Gasteiger partial charge on any atom is -0.370 e. The summed E-state index contributed by atoms with van der Waals surface area (Å²) in [4.78, 5) is 15.6. The molecule has 2 aromatic rings. The largest absolute Gasteiger partial charge is 0.370 e. The molecule has 0 bridgehead atoms. The molecular weight excluding hydrogens is 356 g/mol. The first-order valence-electron chi connectivity index (χ1n) is 11.5. The standard InChI is InChI=1S/C26H30N2O/c1-16-8-10-17(11-9-16)26(29)27-20-12-23-21-6-2-4-18(21)14-28-15-19-5-3-7-22(19)24(13-20)25(23)28/h8-13,18-19,21-22H,2-7,14-15H2,1H3,(H,27,29)/t18-,19-,21-,22+/m1/s1. The molecule has 6 rings (SSSR count). The quantitative estimate of drug-likeness (QED) is 0.702. The van der Waals surface area contributed by atoms with Gasteiger partial charge in [-0.25, -0.2) is 0 Å². The van der Waals surface area contributed by atoms with Gasteiger partial charge in [0.15, 0.2) is 0 Å². The van der Waals surface area contributed by atoms with Crippen LogP contribution < -0.4 is 10.2 Å². The average molecular weight is 387 g/mol. The van der Waals surface area contributed by atoms with Gasteiger partial charge < -0.3 is 10.2 Å². The zero-order chi connectivity index (χ0) is 19.5. The molecule has 2 heterocycles. The van der Waals surface area contributed by atoms with Crippen molar-refractivity contribution in [2.24, 2.45) is 11.8 Å². The number of nitrogens with zero attached hydrogens (tertiary/aromatic N) is 1. The summed E-state index contributed by atoms with van der Waals surface area (Å²) < 4.78 is 0. The number of hydrogen-bond donors (Lipinski definition) is 1. The number of aryl methyl sites for hydroxylation is 1. The van der Waals surface area contributed by atoms with Crippen LogP contribution in [-0.4, -0.2) is 19.0 Å². The highest BCUT2D eigenvalue weighted by Crippen LogP contribution is 2.56. The lowest BCUT2D eigenvalue weighted by Gasteiger charge is -2.46. The molecule has 0 aromatic heterocycles. The minimum atomic E-state index is 0.00608. The number of carbonyl (C=O) groups is 1. The highest BCUT2D eigenvalue weighted by Gasteiger charge is 2.44. The number of fused-ring (bicyclic) bond motifs is 4. The maximum Gasteiger partial charge on any atom is 0.255 e. The Hall–Kier alpha value is -2.29. The van der Waals surface area contributed by atoms with Crippen molar-refractivity contribution in [1.82, 2.24) is 0 Å². The summed E-state index contributed by atoms with van der Waals surface area (Å²) in [6.07, 6.45) is 8.06. The van der Waals surface area contributed by atoms with E-state index in [1.165, 1.54) is 68.3 Å². The molecule has 0 saturated heterocycles. The molecule has 0 radical (unpaired) electrons. The Bertz CT molecular complexity index is 918. The minimum absolute atomic E-state index is 0.00608. The van der Waals surface area contributed by atoms with Crippen molar-refractivity contribution in [1.29, 1.82) is 0 Å². The molecule has 0 spiro atoms. The molecule has 1 amide bonds. The van der Waals surface area contributed by atoms with Gasteiger partial charge in [0, 0.05) is 30.0 Å². The summed E-state index contributed by atoms with van der Waals surface area (Å²) >= 11 is 0. The summed E-state index contributed by atoms with van der Waals surface area (Å²) in [6, 6.07) is 12.5. The zero-order valence-corrected chi connectivity index (χ0v) is 17.3. The van der Waals surface area contributed by atoms with E-state index in [2.05, 4.69) is 29.3 Å². The molecule has 29 heavy (non-hydrogen) atoms. The number of nitrogens with one attached hydrogen (secondary N) is 1. The molecule has 0 unspecified atom stereocenters. The van der Waals surface area contributed by atoms with E-state index in [-0.39, 0.29) is 5.91 Å². The van der Waals surface area contributed by atoms with Crippen LogP contribution in [0, 0.1) is 18.8 Å². The third-order valence-corrected chi connectivity index (χ3v) is 8.08. The second-order valence-corrected chi connectivity index (χ2v) is 9.82. The van der Waals surface area contributed by atoms with Gasteiger partial charge in [0.2, 0.25) is 0 Å². The maximum atomic E-state index is 12.9. The number of hydrogen-bond acceptors (Lipinski definition) is 2. The van der Waals surface area contributed by atoms with Gasteiger partial charge in [-0.2, -0.15) is 0 Å². The van der Waals surface area contributed by atoms with Crippen molar-refractivity contribution in [3.05, 3.63) is 58.7 Å². The normalized spacial score (nSPS) is 29.2. The lowest BCUT2D eigenvalue weighted by Crippen LogP contribution is -2.43. The lowest BCUT2D eigenvalue weighted by atomic mass is 9.75.